The number of fused-ring (bicyclic) bond motifs is 1. The van der Waals surface area contributed by atoms with Crippen LogP contribution in [0.4, 0.5) is 4.39 Å². The van der Waals surface area contributed by atoms with Crippen LogP contribution in [-0.4, -0.2) is 47.7 Å². The minimum absolute atomic E-state index is 0.0894. The number of nitrogens with one attached hydrogen (secondary N) is 3. The van der Waals surface area contributed by atoms with Crippen LogP contribution >= 0.6 is 0 Å². The SMILES string of the molecule is O=C1OCCC1=C[C@H](C[C@@H]1CCNC1=O)NC(=O)[C@@H](CC(=O)c1ccc(-c2cccc3ccccc23)[nH]1)Cc1ccc(F)cc1. The van der Waals surface area contributed by atoms with Crippen LogP contribution in [0.3, 0.4) is 0 Å². The largest absolute Gasteiger partial charge is 0.462 e. The average molecular weight is 608 g/mol. The highest BCUT2D eigenvalue weighted by atomic mass is 19.1. The molecule has 2 aliphatic heterocycles. The highest BCUT2D eigenvalue weighted by Gasteiger charge is 2.31. The van der Waals surface area contributed by atoms with E-state index in [1.807, 2.05) is 48.5 Å². The maximum absolute atomic E-state index is 13.9. The zero-order chi connectivity index (χ0) is 31.3. The van der Waals surface area contributed by atoms with Crippen molar-refractivity contribution in [1.29, 1.82) is 0 Å². The van der Waals surface area contributed by atoms with Gasteiger partial charge < -0.3 is 20.4 Å². The zero-order valence-electron chi connectivity index (χ0n) is 24.7. The summed E-state index contributed by atoms with van der Waals surface area (Å²) in [6.45, 7) is 0.829. The van der Waals surface area contributed by atoms with Gasteiger partial charge in [-0.15, -0.1) is 0 Å². The summed E-state index contributed by atoms with van der Waals surface area (Å²) in [6.07, 6.45) is 3.14. The first-order valence-electron chi connectivity index (χ1n) is 15.2. The molecule has 2 amide bonds. The van der Waals surface area contributed by atoms with E-state index < -0.39 is 23.7 Å². The summed E-state index contributed by atoms with van der Waals surface area (Å²) in [4.78, 5) is 55.4. The van der Waals surface area contributed by atoms with Crippen molar-refractivity contribution in [2.45, 2.75) is 38.1 Å². The second-order valence-electron chi connectivity index (χ2n) is 11.7. The first-order chi connectivity index (χ1) is 21.8. The quantitative estimate of drug-likeness (QED) is 0.122. The second kappa shape index (κ2) is 13.3. The molecule has 0 aliphatic carbocycles. The number of rotatable bonds is 11. The fourth-order valence-corrected chi connectivity index (χ4v) is 6.16. The van der Waals surface area contributed by atoms with Gasteiger partial charge in [0.15, 0.2) is 5.78 Å². The molecule has 3 atom stereocenters. The topological polar surface area (TPSA) is 117 Å². The van der Waals surface area contributed by atoms with E-state index in [0.29, 0.717) is 42.6 Å². The highest BCUT2D eigenvalue weighted by Crippen LogP contribution is 2.29. The standard InChI is InChI=1S/C36H34FN3O5/c37-27-10-8-22(9-11-27)18-26(35(43)39-28(19-24-14-16-38-34(24)42)20-25-15-17-45-36(25)44)21-33(41)32-13-12-31(40-32)30-7-3-5-23-4-1-2-6-29(23)30/h1-13,20,24,26,28,40H,14-19,21H2,(H,38,42)(H,39,43)/t24-,26+,28-/m0/s1. The van der Waals surface area contributed by atoms with E-state index in [4.69, 9.17) is 4.74 Å². The molecule has 6 rings (SSSR count). The van der Waals surface area contributed by atoms with Gasteiger partial charge in [-0.25, -0.2) is 9.18 Å². The Kier molecular flexibility index (Phi) is 8.86. The number of cyclic esters (lactones) is 1. The molecule has 9 heteroatoms. The number of esters is 1. The van der Waals surface area contributed by atoms with Crippen LogP contribution < -0.4 is 10.6 Å². The number of halogens is 1. The van der Waals surface area contributed by atoms with Gasteiger partial charge in [0.1, 0.15) is 5.82 Å². The van der Waals surface area contributed by atoms with E-state index in [9.17, 15) is 23.6 Å². The number of ether oxygens (including phenoxy) is 1. The summed E-state index contributed by atoms with van der Waals surface area (Å²) in [5.41, 5.74) is 3.29. The maximum atomic E-state index is 13.9. The van der Waals surface area contributed by atoms with E-state index in [2.05, 4.69) is 15.6 Å². The summed E-state index contributed by atoms with van der Waals surface area (Å²) in [7, 11) is 0. The molecule has 1 aromatic heterocycles. The fraction of sp³-hybridized carbons (Fsp3) is 0.278. The molecule has 4 aromatic rings. The Morgan fingerprint density at radius 3 is 2.56 bits per heavy atom. The number of benzene rings is 3. The molecule has 2 fully saturated rings. The number of H-pyrrole nitrogens is 1. The van der Waals surface area contributed by atoms with Gasteiger partial charge in [0.05, 0.1) is 12.3 Å². The van der Waals surface area contributed by atoms with Gasteiger partial charge in [0, 0.05) is 54.1 Å². The summed E-state index contributed by atoms with van der Waals surface area (Å²) >= 11 is 0. The van der Waals surface area contributed by atoms with E-state index in [-0.39, 0.29) is 43.0 Å². The van der Waals surface area contributed by atoms with Crippen LogP contribution in [-0.2, 0) is 25.5 Å². The van der Waals surface area contributed by atoms with Crippen LogP contribution in [0.15, 0.2) is 90.5 Å². The maximum Gasteiger partial charge on any atom is 0.333 e. The Labute approximate surface area is 260 Å². The zero-order valence-corrected chi connectivity index (χ0v) is 24.7. The van der Waals surface area contributed by atoms with Crippen molar-refractivity contribution in [1.82, 2.24) is 15.6 Å². The van der Waals surface area contributed by atoms with Gasteiger partial charge in [-0.05, 0) is 59.9 Å². The Bertz CT molecular complexity index is 1770. The summed E-state index contributed by atoms with van der Waals surface area (Å²) in [5, 5.41) is 7.96. The smallest absolute Gasteiger partial charge is 0.333 e. The molecule has 8 nitrogen and oxygen atoms in total. The summed E-state index contributed by atoms with van der Waals surface area (Å²) in [5.74, 6) is -2.65. The first-order valence-corrected chi connectivity index (χ1v) is 15.2. The van der Waals surface area contributed by atoms with E-state index in [1.165, 1.54) is 12.1 Å². The molecule has 0 spiro atoms. The Morgan fingerprint density at radius 2 is 1.80 bits per heavy atom. The van der Waals surface area contributed by atoms with Crippen molar-refractivity contribution in [2.75, 3.05) is 13.2 Å². The molecule has 2 saturated heterocycles. The fourth-order valence-electron chi connectivity index (χ4n) is 6.16. The lowest BCUT2D eigenvalue weighted by molar-refractivity contribution is -0.135. The molecule has 2 aliphatic rings. The van der Waals surface area contributed by atoms with Crippen molar-refractivity contribution >= 4 is 34.3 Å². The Hall–Kier alpha value is -5.05. The summed E-state index contributed by atoms with van der Waals surface area (Å²) in [6, 6.07) is 22.8. The third-order valence-corrected chi connectivity index (χ3v) is 8.56. The Morgan fingerprint density at radius 1 is 1.00 bits per heavy atom. The molecule has 0 saturated carbocycles. The molecular formula is C36H34FN3O5. The van der Waals surface area contributed by atoms with Crippen molar-refractivity contribution < 1.29 is 28.3 Å². The number of carbonyl (C=O) groups excluding carboxylic acids is 4. The number of Topliss-reactive ketones (excluding diaryl/α,β-unsaturated/α-hetero) is 1. The predicted octanol–water partition coefficient (Wildman–Crippen LogP) is 5.29. The minimum Gasteiger partial charge on any atom is -0.462 e. The van der Waals surface area contributed by atoms with Crippen LogP contribution in [0.1, 0.15) is 41.7 Å². The number of amides is 2. The second-order valence-corrected chi connectivity index (χ2v) is 11.7. The third-order valence-electron chi connectivity index (χ3n) is 8.56. The van der Waals surface area contributed by atoms with Gasteiger partial charge in [0.25, 0.3) is 0 Å². The molecule has 45 heavy (non-hydrogen) atoms. The van der Waals surface area contributed by atoms with Gasteiger partial charge in [-0.2, -0.15) is 0 Å². The number of carbonyl (C=O) groups is 4. The van der Waals surface area contributed by atoms with Crippen molar-refractivity contribution in [3.63, 3.8) is 0 Å². The molecule has 230 valence electrons. The van der Waals surface area contributed by atoms with Crippen LogP contribution in [0.5, 0.6) is 0 Å². The highest BCUT2D eigenvalue weighted by molar-refractivity contribution is 6.00. The normalized spacial score (nSPS) is 18.5. The number of hydrogen-bond acceptors (Lipinski definition) is 5. The molecule has 3 N–H and O–H groups in total. The molecular weight excluding hydrogens is 573 g/mol. The van der Waals surface area contributed by atoms with Gasteiger partial charge in [-0.1, -0.05) is 60.7 Å². The Balaban J connectivity index is 1.24. The van der Waals surface area contributed by atoms with E-state index >= 15 is 0 Å². The average Bonchev–Trinajstić information content (AvgIpc) is 3.80. The van der Waals surface area contributed by atoms with E-state index in [1.54, 1.807) is 24.3 Å². The van der Waals surface area contributed by atoms with Gasteiger partial charge >= 0.3 is 5.97 Å². The van der Waals surface area contributed by atoms with Crippen LogP contribution in [0.2, 0.25) is 0 Å². The summed E-state index contributed by atoms with van der Waals surface area (Å²) < 4.78 is 18.7. The lowest BCUT2D eigenvalue weighted by Crippen LogP contribution is -2.41. The van der Waals surface area contributed by atoms with E-state index in [0.717, 1.165) is 22.0 Å². The number of aromatic nitrogens is 1. The van der Waals surface area contributed by atoms with Gasteiger partial charge in [0.2, 0.25) is 11.8 Å². The van der Waals surface area contributed by atoms with Crippen LogP contribution in [0.25, 0.3) is 22.0 Å². The monoisotopic (exact) mass is 607 g/mol. The first kappa shape index (κ1) is 30.0. The molecule has 3 aromatic carbocycles. The number of ketones is 1. The molecule has 0 radical (unpaired) electrons. The van der Waals surface area contributed by atoms with Crippen molar-refractivity contribution in [3.8, 4) is 11.3 Å². The number of hydrogen-bond donors (Lipinski definition) is 3. The van der Waals surface area contributed by atoms with Crippen molar-refractivity contribution in [3.05, 3.63) is 108 Å². The third kappa shape index (κ3) is 7.03. The molecule has 3 heterocycles. The predicted molar refractivity (Wildman–Crippen MR) is 168 cm³/mol. The van der Waals surface area contributed by atoms with Crippen molar-refractivity contribution in [2.24, 2.45) is 11.8 Å². The minimum atomic E-state index is -0.791. The lowest BCUT2D eigenvalue weighted by atomic mass is 9.91. The van der Waals surface area contributed by atoms with Crippen LogP contribution in [0, 0.1) is 17.7 Å². The number of aromatic amines is 1. The molecule has 0 unspecified atom stereocenters. The molecule has 0 bridgehead atoms. The van der Waals surface area contributed by atoms with Gasteiger partial charge in [-0.3, -0.25) is 14.4 Å². The lowest BCUT2D eigenvalue weighted by Gasteiger charge is -2.22.